The molecule has 0 fully saturated rings. The van der Waals surface area contributed by atoms with Crippen molar-refractivity contribution in [1.82, 2.24) is 0 Å². The van der Waals surface area contributed by atoms with E-state index in [9.17, 15) is 0 Å². The molecule has 0 radical (unpaired) electrons. The van der Waals surface area contributed by atoms with Gasteiger partial charge in [-0.2, -0.15) is 0 Å². The fourth-order valence-corrected chi connectivity index (χ4v) is 0. The van der Waals surface area contributed by atoms with E-state index in [1.54, 1.807) is 0 Å². The number of rotatable bonds is 0. The van der Waals surface area contributed by atoms with Crippen LogP contribution in [-0.2, 0) is 31.5 Å². The fourth-order valence-electron chi connectivity index (χ4n) is 0. The minimum Gasteiger partial charge on any atom is 0 e. The molecule has 0 bridgehead atoms. The normalized spacial score (nSPS) is 6.00. The summed E-state index contributed by atoms with van der Waals surface area (Å²) in [4.78, 5) is 0. The van der Waals surface area contributed by atoms with Gasteiger partial charge < -0.3 is 0 Å². The zero-order valence-electron chi connectivity index (χ0n) is 2.76. The molecule has 0 N–H and O–H groups in total. The van der Waals surface area contributed by atoms with Gasteiger partial charge in [0, 0.05) is 17.4 Å². The average molecular weight is 152 g/mol. The van der Waals surface area contributed by atoms with Gasteiger partial charge in [-0.15, -0.1) is 0 Å². The SMILES string of the molecule is [BH2][Fe][SiH3].[Cr]. The summed E-state index contributed by atoms with van der Waals surface area (Å²) in [5.41, 5.74) is 0. The predicted octanol–water partition coefficient (Wildman–Crippen LogP) is -2.11. The number of hydrogen-bond donors (Lipinski definition) is 0. The van der Waals surface area contributed by atoms with Crippen molar-refractivity contribution in [3.05, 3.63) is 0 Å². The zero-order chi connectivity index (χ0) is 2.71. The molecule has 0 nitrogen and oxygen atoms in total. The smallest absolute Gasteiger partial charge is 0 e. The third-order valence-electron chi connectivity index (χ3n) is 0. The van der Waals surface area contributed by atoms with E-state index in [0.29, 0.717) is 0 Å². The molecule has 0 rings (SSSR count). The molecule has 26 valence electrons. The molecule has 0 saturated carbocycles. The van der Waals surface area contributed by atoms with Gasteiger partial charge in [-0.25, -0.2) is 0 Å². The van der Waals surface area contributed by atoms with Crippen molar-refractivity contribution in [1.29, 1.82) is 0 Å². The molecule has 0 spiro atoms. The molecule has 0 saturated heterocycles. The summed E-state index contributed by atoms with van der Waals surface area (Å²) in [7, 11) is 1.37. The molecule has 0 atom stereocenters. The standard InChI is InChI=1S/BH2.Cr.Fe.H3Si/h1H2;;;1H3/q+1;;-1;. The molecule has 0 aromatic rings. The maximum Gasteiger partial charge on any atom is 0 e. The molecule has 0 amide bonds. The topological polar surface area (TPSA) is 0 Å². The Labute approximate surface area is 47.1 Å². The van der Waals surface area contributed by atoms with E-state index in [1.165, 1.54) is 23.0 Å². The van der Waals surface area contributed by atoms with Gasteiger partial charge in [0.15, 0.2) is 0 Å². The van der Waals surface area contributed by atoms with Crippen molar-refractivity contribution in [2.75, 3.05) is 0 Å². The first kappa shape index (κ1) is 9.01. The molecular weight excluding hydrogens is 147 g/mol. The molecule has 0 unspecified atom stereocenters. The van der Waals surface area contributed by atoms with Crippen LogP contribution in [0.3, 0.4) is 0 Å². The van der Waals surface area contributed by atoms with Crippen molar-refractivity contribution in [2.45, 2.75) is 0 Å². The first-order chi connectivity index (χ1) is 1.41. The Morgan fingerprint density at radius 2 is 1.75 bits per heavy atom. The molecule has 4 heteroatoms. The molecule has 0 heterocycles. The fraction of sp³-hybridized carbons (Fsp3) is 0. The van der Waals surface area contributed by atoms with Crippen LogP contribution in [0.2, 0.25) is 0 Å². The van der Waals surface area contributed by atoms with Crippen LogP contribution in [0.1, 0.15) is 0 Å². The van der Waals surface area contributed by atoms with Crippen LogP contribution in [0.5, 0.6) is 0 Å². The van der Waals surface area contributed by atoms with Crippen molar-refractivity contribution in [3.63, 3.8) is 0 Å². The zero-order valence-corrected chi connectivity index (χ0v) is 7.14. The van der Waals surface area contributed by atoms with E-state index in [4.69, 9.17) is 0 Å². The van der Waals surface area contributed by atoms with E-state index >= 15 is 0 Å². The monoisotopic (exact) mass is 152 g/mol. The van der Waals surface area contributed by atoms with Gasteiger partial charge >= 0.3 is 29.7 Å². The Morgan fingerprint density at radius 3 is 1.75 bits per heavy atom. The second-order valence-electron chi connectivity index (χ2n) is 0.354. The molecule has 0 aromatic carbocycles. The summed E-state index contributed by atoms with van der Waals surface area (Å²) < 4.78 is 0. The first-order valence-electron chi connectivity index (χ1n) is 0.707. The summed E-state index contributed by atoms with van der Waals surface area (Å²) in [5.74, 6) is 0. The minimum absolute atomic E-state index is 0. The quantitative estimate of drug-likeness (QED) is 0.348. The Hall–Kier alpha value is 1.33. The van der Waals surface area contributed by atoms with Gasteiger partial charge in [-0.1, -0.05) is 0 Å². The Morgan fingerprint density at radius 1 is 1.75 bits per heavy atom. The van der Waals surface area contributed by atoms with Gasteiger partial charge in [0.1, 0.15) is 0 Å². The van der Waals surface area contributed by atoms with Gasteiger partial charge in [0.2, 0.25) is 0 Å². The second-order valence-corrected chi connectivity index (χ2v) is 4.37. The van der Waals surface area contributed by atoms with Crippen molar-refractivity contribution in [2.24, 2.45) is 0 Å². The van der Waals surface area contributed by atoms with E-state index in [0.717, 1.165) is 0 Å². The third kappa shape index (κ3) is 10.2. The Balaban J connectivity index is 0. The Kier molecular flexibility index (Phi) is 19.9. The summed E-state index contributed by atoms with van der Waals surface area (Å²) in [6, 6.07) is 0. The van der Waals surface area contributed by atoms with Crippen LogP contribution in [0.25, 0.3) is 0 Å². The summed E-state index contributed by atoms with van der Waals surface area (Å²) >= 11 is 1.39. The van der Waals surface area contributed by atoms with Crippen molar-refractivity contribution >= 4 is 15.5 Å². The van der Waals surface area contributed by atoms with Gasteiger partial charge in [-0.3, -0.25) is 0 Å². The first-order valence-corrected chi connectivity index (χ1v) is 5.83. The van der Waals surface area contributed by atoms with Crippen molar-refractivity contribution in [3.8, 4) is 0 Å². The van der Waals surface area contributed by atoms with E-state index in [-0.39, 0.29) is 17.4 Å². The maximum absolute atomic E-state index is 2.19. The molecule has 0 aliphatic heterocycles. The van der Waals surface area contributed by atoms with Crippen LogP contribution in [-0.4, -0.2) is 15.5 Å². The largest absolute Gasteiger partial charge is 0 e. The summed E-state index contributed by atoms with van der Waals surface area (Å²) in [6.45, 7) is 2.19. The van der Waals surface area contributed by atoms with Gasteiger partial charge in [0.25, 0.3) is 0 Å². The van der Waals surface area contributed by atoms with Gasteiger partial charge in [-0.05, 0) is 0 Å². The van der Waals surface area contributed by atoms with Crippen molar-refractivity contribution < 1.29 is 31.5 Å². The van der Waals surface area contributed by atoms with E-state index in [2.05, 4.69) is 6.66 Å². The van der Waals surface area contributed by atoms with Crippen LogP contribution in [0, 0.1) is 0 Å². The van der Waals surface area contributed by atoms with Crippen LogP contribution < -0.4 is 0 Å². The number of hydrogen-bond acceptors (Lipinski definition) is 0. The van der Waals surface area contributed by atoms with Crippen LogP contribution >= 0.6 is 0 Å². The summed E-state index contributed by atoms with van der Waals surface area (Å²) in [5, 5.41) is 0. The predicted molar refractivity (Wildman–Crippen MR) is 18.5 cm³/mol. The molecule has 0 aliphatic carbocycles. The van der Waals surface area contributed by atoms with Gasteiger partial charge in [0.05, 0.1) is 0 Å². The molecular formula is H5BCrFeSi. The molecule has 0 aliphatic rings. The molecule has 0 aromatic heterocycles. The second kappa shape index (κ2) is 8.84. The summed E-state index contributed by atoms with van der Waals surface area (Å²) in [6.07, 6.45) is 0. The minimum atomic E-state index is 0. The Bertz CT molecular complexity index is 8.00. The average Bonchev–Trinajstić information content (AvgIpc) is 0.918. The maximum atomic E-state index is 2.19. The van der Waals surface area contributed by atoms with Crippen LogP contribution in [0.4, 0.5) is 0 Å². The third-order valence-corrected chi connectivity index (χ3v) is 0. The van der Waals surface area contributed by atoms with E-state index < -0.39 is 0 Å². The molecule has 4 heavy (non-hydrogen) atoms. The van der Waals surface area contributed by atoms with E-state index in [1.807, 2.05) is 0 Å². The van der Waals surface area contributed by atoms with Crippen LogP contribution in [0.15, 0.2) is 0 Å².